The molecule has 1 aliphatic carbocycles. The van der Waals surface area contributed by atoms with E-state index in [1.54, 1.807) is 28.7 Å². The maximum absolute atomic E-state index is 13.4. The van der Waals surface area contributed by atoms with Gasteiger partial charge in [-0.3, -0.25) is 0 Å². The number of aromatic nitrogens is 6. The van der Waals surface area contributed by atoms with Gasteiger partial charge in [0.05, 0.1) is 25.0 Å². The van der Waals surface area contributed by atoms with Gasteiger partial charge in [-0.25, -0.2) is 24.9 Å². The Labute approximate surface area is 251 Å². The number of nitriles is 1. The van der Waals surface area contributed by atoms with Gasteiger partial charge in [0.2, 0.25) is 5.88 Å². The molecule has 1 saturated carbocycles. The van der Waals surface area contributed by atoms with Crippen molar-refractivity contribution in [1.82, 2.24) is 34.4 Å². The summed E-state index contributed by atoms with van der Waals surface area (Å²) in [6, 6.07) is 7.19. The van der Waals surface area contributed by atoms with E-state index >= 15 is 0 Å². The van der Waals surface area contributed by atoms with Gasteiger partial charge in [0.15, 0.2) is 17.7 Å². The van der Waals surface area contributed by atoms with Crippen molar-refractivity contribution in [2.75, 3.05) is 13.7 Å². The summed E-state index contributed by atoms with van der Waals surface area (Å²) < 4.78 is 47.3. The lowest BCUT2D eigenvalue weighted by Gasteiger charge is -2.25. The van der Waals surface area contributed by atoms with Gasteiger partial charge >= 0.3 is 6.18 Å². The number of hydrogen-bond acceptors (Lipinski definition) is 9. The quantitative estimate of drug-likeness (QED) is 0.128. The minimum absolute atomic E-state index is 0.186. The fourth-order valence-electron chi connectivity index (χ4n) is 5.15. The zero-order valence-corrected chi connectivity index (χ0v) is 24.7. The number of alkyl halides is 3. The predicted octanol–water partition coefficient (Wildman–Crippen LogP) is 6.41. The predicted molar refractivity (Wildman–Crippen MR) is 154 cm³/mol. The van der Waals surface area contributed by atoms with E-state index in [1.807, 2.05) is 26.0 Å². The number of hydrogen-bond donors (Lipinski definition) is 0. The molecule has 1 aromatic carbocycles. The van der Waals surface area contributed by atoms with Crippen LogP contribution in [0.1, 0.15) is 66.9 Å². The average Bonchev–Trinajstić information content (AvgIpc) is 3.75. The summed E-state index contributed by atoms with van der Waals surface area (Å²) in [6.07, 6.45) is 2.99. The third-order valence-electron chi connectivity index (χ3n) is 7.55. The Bertz CT molecular complexity index is 1690. The number of imidazole rings is 1. The summed E-state index contributed by atoms with van der Waals surface area (Å²) in [4.78, 5) is 24.4. The Balaban J connectivity index is 1.31. The molecule has 1 aliphatic heterocycles. The van der Waals surface area contributed by atoms with Gasteiger partial charge in [0.25, 0.3) is 0 Å². The Morgan fingerprint density at radius 2 is 1.88 bits per heavy atom. The fraction of sp³-hybridized carbons (Fsp3) is 0.400. The first-order chi connectivity index (χ1) is 20.7. The molecule has 0 amide bonds. The molecule has 9 nitrogen and oxygen atoms in total. The van der Waals surface area contributed by atoms with Crippen LogP contribution >= 0.6 is 11.8 Å². The van der Waals surface area contributed by atoms with Crippen molar-refractivity contribution in [2.24, 2.45) is 0 Å². The second-order valence-corrected chi connectivity index (χ2v) is 11.9. The van der Waals surface area contributed by atoms with Crippen molar-refractivity contribution in [2.45, 2.75) is 68.6 Å². The lowest BCUT2D eigenvalue weighted by atomic mass is 10.1. The summed E-state index contributed by atoms with van der Waals surface area (Å²) in [7, 11) is 1.57. The van der Waals surface area contributed by atoms with Crippen LogP contribution in [0.5, 0.6) is 5.88 Å². The van der Waals surface area contributed by atoms with Gasteiger partial charge in [-0.15, -0.1) is 11.8 Å². The summed E-state index contributed by atoms with van der Waals surface area (Å²) in [5.41, 5.74) is 4.08. The van der Waals surface area contributed by atoms with Crippen LogP contribution in [0.2, 0.25) is 0 Å². The van der Waals surface area contributed by atoms with E-state index in [1.165, 1.54) is 18.1 Å². The molecule has 1 fully saturated rings. The molecule has 0 atom stereocenters. The van der Waals surface area contributed by atoms with Crippen LogP contribution in [0.4, 0.5) is 13.2 Å². The van der Waals surface area contributed by atoms with Crippen LogP contribution in [0.25, 0.3) is 22.8 Å². The SMILES string of the molecule is COc1ncnc(C2CC2)c1-c1nc2c(c(SCc3ccc(-c4nc(C(F)(F)F)cn4C(C)C)cc3)n1)CN(C#N)CC2. The molecule has 0 radical (unpaired) electrons. The fourth-order valence-corrected chi connectivity index (χ4v) is 6.16. The number of rotatable bonds is 8. The third-order valence-corrected chi connectivity index (χ3v) is 8.64. The van der Waals surface area contributed by atoms with Crippen molar-refractivity contribution in [3.05, 3.63) is 65.0 Å². The Hall–Kier alpha value is -4.18. The van der Waals surface area contributed by atoms with E-state index < -0.39 is 11.9 Å². The van der Waals surface area contributed by atoms with Crippen molar-refractivity contribution in [3.63, 3.8) is 0 Å². The second kappa shape index (κ2) is 11.5. The molecule has 6 rings (SSSR count). The van der Waals surface area contributed by atoms with Gasteiger partial charge in [0, 0.05) is 48.0 Å². The summed E-state index contributed by atoms with van der Waals surface area (Å²) >= 11 is 1.53. The van der Waals surface area contributed by atoms with E-state index in [9.17, 15) is 18.4 Å². The summed E-state index contributed by atoms with van der Waals surface area (Å²) in [6.45, 7) is 4.65. The number of methoxy groups -OCH3 is 1. The zero-order chi connectivity index (χ0) is 30.3. The summed E-state index contributed by atoms with van der Waals surface area (Å²) in [5.74, 6) is 2.11. The average molecular weight is 607 g/mol. The lowest BCUT2D eigenvalue weighted by Crippen LogP contribution is -2.28. The van der Waals surface area contributed by atoms with Crippen LogP contribution in [0, 0.1) is 11.5 Å². The van der Waals surface area contributed by atoms with Crippen LogP contribution in [-0.2, 0) is 24.9 Å². The summed E-state index contributed by atoms with van der Waals surface area (Å²) in [5, 5.41) is 10.3. The molecular weight excluding hydrogens is 577 g/mol. The third kappa shape index (κ3) is 5.88. The Kier molecular flexibility index (Phi) is 7.72. The molecule has 0 N–H and O–H groups in total. The highest BCUT2D eigenvalue weighted by atomic mass is 32.2. The molecule has 3 aromatic heterocycles. The molecular formula is C30H29F3N8OS. The highest BCUT2D eigenvalue weighted by Gasteiger charge is 2.35. The number of ether oxygens (including phenoxy) is 1. The molecule has 13 heteroatoms. The number of halogens is 3. The molecule has 222 valence electrons. The van der Waals surface area contributed by atoms with E-state index in [0.717, 1.165) is 46.6 Å². The van der Waals surface area contributed by atoms with Crippen LogP contribution < -0.4 is 4.74 Å². The minimum Gasteiger partial charge on any atom is -0.480 e. The molecule has 0 saturated heterocycles. The van der Waals surface area contributed by atoms with Crippen molar-refractivity contribution >= 4 is 11.8 Å². The smallest absolute Gasteiger partial charge is 0.434 e. The minimum atomic E-state index is -4.52. The monoisotopic (exact) mass is 606 g/mol. The lowest BCUT2D eigenvalue weighted by molar-refractivity contribution is -0.140. The van der Waals surface area contributed by atoms with E-state index in [0.29, 0.717) is 54.0 Å². The molecule has 43 heavy (non-hydrogen) atoms. The van der Waals surface area contributed by atoms with E-state index in [2.05, 4.69) is 21.1 Å². The van der Waals surface area contributed by atoms with E-state index in [4.69, 9.17) is 14.7 Å². The number of benzene rings is 1. The molecule has 0 unspecified atom stereocenters. The molecule has 0 bridgehead atoms. The van der Waals surface area contributed by atoms with Crippen LogP contribution in [-0.4, -0.2) is 48.0 Å². The number of thioether (sulfide) groups is 1. The molecule has 4 heterocycles. The standard InChI is InChI=1S/C30H29F3N8OS/c1-17(2)41-13-23(30(31,32)33)38-27(41)20-6-4-18(5-7-20)14-43-29-21-12-40(15-34)11-10-22(21)37-26(39-29)24-25(19-8-9-19)35-16-36-28(24)42-3/h4-7,13,16-17,19H,8-12,14H2,1-3H3. The van der Waals surface area contributed by atoms with Crippen LogP contribution in [0.3, 0.4) is 0 Å². The normalized spacial score (nSPS) is 15.0. The van der Waals surface area contributed by atoms with E-state index in [-0.39, 0.29) is 11.9 Å². The number of nitrogens with zero attached hydrogens (tertiary/aromatic N) is 8. The van der Waals surface area contributed by atoms with Crippen molar-refractivity contribution in [1.29, 1.82) is 5.26 Å². The second-order valence-electron chi connectivity index (χ2n) is 10.9. The first kappa shape index (κ1) is 28.9. The Morgan fingerprint density at radius 1 is 1.12 bits per heavy atom. The largest absolute Gasteiger partial charge is 0.480 e. The van der Waals surface area contributed by atoms with Gasteiger partial charge in [-0.05, 0) is 32.3 Å². The first-order valence-electron chi connectivity index (χ1n) is 14.0. The maximum atomic E-state index is 13.4. The first-order valence-corrected chi connectivity index (χ1v) is 15.0. The van der Waals surface area contributed by atoms with Crippen LogP contribution in [0.15, 0.2) is 41.8 Å². The maximum Gasteiger partial charge on any atom is 0.434 e. The Morgan fingerprint density at radius 3 is 2.53 bits per heavy atom. The highest BCUT2D eigenvalue weighted by molar-refractivity contribution is 7.98. The topological polar surface area (TPSA) is 106 Å². The van der Waals surface area contributed by atoms with Gasteiger partial charge in [-0.2, -0.15) is 18.4 Å². The zero-order valence-electron chi connectivity index (χ0n) is 23.9. The molecule has 4 aromatic rings. The van der Waals surface area contributed by atoms with Gasteiger partial charge in [0.1, 0.15) is 22.7 Å². The van der Waals surface area contributed by atoms with Gasteiger partial charge < -0.3 is 14.2 Å². The number of fused-ring (bicyclic) bond motifs is 1. The molecule has 2 aliphatic rings. The molecule has 0 spiro atoms. The van der Waals surface area contributed by atoms with Crippen molar-refractivity contribution in [3.8, 4) is 34.8 Å². The van der Waals surface area contributed by atoms with Gasteiger partial charge in [-0.1, -0.05) is 24.3 Å². The highest BCUT2D eigenvalue weighted by Crippen LogP contribution is 2.45. The van der Waals surface area contributed by atoms with Crippen molar-refractivity contribution < 1.29 is 17.9 Å².